The van der Waals surface area contributed by atoms with Crippen molar-refractivity contribution < 1.29 is 9.90 Å². The van der Waals surface area contributed by atoms with Gasteiger partial charge in [0.1, 0.15) is 5.75 Å². The van der Waals surface area contributed by atoms with Gasteiger partial charge in [-0.3, -0.25) is 9.78 Å². The Bertz CT molecular complexity index is 935. The van der Waals surface area contributed by atoms with Gasteiger partial charge in [0.2, 0.25) is 0 Å². The molecule has 1 N–H and O–H groups in total. The molecule has 0 atom stereocenters. The van der Waals surface area contributed by atoms with Gasteiger partial charge >= 0.3 is 0 Å². The van der Waals surface area contributed by atoms with E-state index in [0.29, 0.717) is 22.7 Å². The lowest BCUT2D eigenvalue weighted by Gasteiger charge is -1.99. The number of ketones is 1. The third-order valence-electron chi connectivity index (χ3n) is 3.59. The van der Waals surface area contributed by atoms with Gasteiger partial charge in [-0.05, 0) is 55.2 Å². The summed E-state index contributed by atoms with van der Waals surface area (Å²) in [4.78, 5) is 21.5. The minimum Gasteiger partial charge on any atom is -0.508 e. The molecule has 0 aliphatic heterocycles. The quantitative estimate of drug-likeness (QED) is 0.576. The first-order valence-corrected chi connectivity index (χ1v) is 8.64. The molecule has 0 aliphatic rings. The van der Waals surface area contributed by atoms with Crippen molar-refractivity contribution in [3.8, 4) is 17.6 Å². The van der Waals surface area contributed by atoms with Crippen molar-refractivity contribution in [2.45, 2.75) is 19.8 Å². The van der Waals surface area contributed by atoms with Crippen molar-refractivity contribution in [3.05, 3.63) is 75.5 Å². The molecule has 5 heteroatoms. The molecule has 3 rings (SSSR count). The van der Waals surface area contributed by atoms with E-state index >= 15 is 0 Å². The van der Waals surface area contributed by atoms with E-state index in [-0.39, 0.29) is 11.5 Å². The molecule has 2 aromatic heterocycles. The molecule has 0 radical (unpaired) electrons. The van der Waals surface area contributed by atoms with Crippen molar-refractivity contribution in [1.82, 2.24) is 9.97 Å². The van der Waals surface area contributed by atoms with Crippen LogP contribution in [0.15, 0.2) is 48.8 Å². The smallest absolute Gasteiger partial charge is 0.175 e. The molecule has 25 heavy (non-hydrogen) atoms. The van der Waals surface area contributed by atoms with Gasteiger partial charge in [0.05, 0.1) is 10.6 Å². The van der Waals surface area contributed by atoms with Crippen LogP contribution in [0.4, 0.5) is 0 Å². The molecule has 3 aromatic rings. The summed E-state index contributed by atoms with van der Waals surface area (Å²) in [7, 11) is 0. The molecule has 2 heterocycles. The summed E-state index contributed by atoms with van der Waals surface area (Å²) in [5.41, 5.74) is 2.55. The van der Waals surface area contributed by atoms with Crippen LogP contribution in [0.5, 0.6) is 5.75 Å². The Morgan fingerprint density at radius 2 is 2.00 bits per heavy atom. The number of carbonyl (C=O) groups is 1. The number of Topliss-reactive ketones (excluding diaryl/α,β-unsaturated/α-hetero) is 1. The van der Waals surface area contributed by atoms with Crippen molar-refractivity contribution in [1.29, 1.82) is 0 Å². The van der Waals surface area contributed by atoms with Gasteiger partial charge in [0.15, 0.2) is 10.8 Å². The highest BCUT2D eigenvalue weighted by molar-refractivity contribution is 7.14. The molecule has 1 aromatic carbocycles. The molecule has 0 amide bonds. The fourth-order valence-corrected chi connectivity index (χ4v) is 3.18. The monoisotopic (exact) mass is 348 g/mol. The minimum absolute atomic E-state index is 0.0801. The third kappa shape index (κ3) is 4.52. The summed E-state index contributed by atoms with van der Waals surface area (Å²) < 4.78 is 0. The highest BCUT2D eigenvalue weighted by Gasteiger charge is 2.14. The van der Waals surface area contributed by atoms with E-state index in [1.807, 2.05) is 19.1 Å². The fraction of sp³-hybridized carbons (Fsp3) is 0.150. The van der Waals surface area contributed by atoms with E-state index in [9.17, 15) is 9.90 Å². The predicted octanol–water partition coefficient (Wildman–Crippen LogP) is 3.77. The molecule has 0 saturated heterocycles. The van der Waals surface area contributed by atoms with Gasteiger partial charge in [-0.25, -0.2) is 4.98 Å². The molecule has 0 bridgehead atoms. The van der Waals surface area contributed by atoms with Crippen LogP contribution in [-0.2, 0) is 6.42 Å². The van der Waals surface area contributed by atoms with E-state index in [1.165, 1.54) is 11.3 Å². The average molecular weight is 348 g/mol. The highest BCUT2D eigenvalue weighted by atomic mass is 32.1. The molecule has 0 fully saturated rings. The van der Waals surface area contributed by atoms with Gasteiger partial charge in [-0.15, -0.1) is 11.3 Å². The maximum absolute atomic E-state index is 12.4. The Hall–Kier alpha value is -2.97. The average Bonchev–Trinajstić information content (AvgIpc) is 3.01. The van der Waals surface area contributed by atoms with Crippen LogP contribution >= 0.6 is 11.3 Å². The van der Waals surface area contributed by atoms with Gasteiger partial charge < -0.3 is 5.11 Å². The number of aryl methyl sites for hydroxylation is 2. The zero-order valence-corrected chi connectivity index (χ0v) is 14.5. The number of benzene rings is 1. The van der Waals surface area contributed by atoms with Gasteiger partial charge in [0, 0.05) is 24.4 Å². The first-order chi connectivity index (χ1) is 12.1. The summed E-state index contributed by atoms with van der Waals surface area (Å²) >= 11 is 1.33. The standard InChI is InChI=1S/C20H16N2O2S/c1-14-20(18(24)10-6-16-3-2-12-21-13-16)25-19(22-14)11-7-15-4-8-17(23)9-5-15/h2-5,8-9,12-13,23H,6,10H2,1H3. The lowest BCUT2D eigenvalue weighted by atomic mass is 10.1. The zero-order chi connectivity index (χ0) is 17.6. The second kappa shape index (κ2) is 7.73. The lowest BCUT2D eigenvalue weighted by Crippen LogP contribution is -2.01. The molecule has 0 spiro atoms. The van der Waals surface area contributed by atoms with Crippen molar-refractivity contribution in [2.24, 2.45) is 0 Å². The number of hydrogen-bond acceptors (Lipinski definition) is 5. The molecular weight excluding hydrogens is 332 g/mol. The van der Waals surface area contributed by atoms with Gasteiger partial charge in [-0.2, -0.15) is 0 Å². The zero-order valence-electron chi connectivity index (χ0n) is 13.7. The number of phenolic OH excluding ortho intramolecular Hbond substituents is 1. The summed E-state index contributed by atoms with van der Waals surface area (Å²) in [6.07, 6.45) is 4.59. The number of carbonyl (C=O) groups excluding carboxylic acids is 1. The Balaban J connectivity index is 1.69. The first kappa shape index (κ1) is 16.9. The number of pyridine rings is 1. The number of phenols is 1. The number of hydrogen-bond donors (Lipinski definition) is 1. The second-order valence-corrected chi connectivity index (χ2v) is 6.51. The van der Waals surface area contributed by atoms with Gasteiger partial charge in [-0.1, -0.05) is 12.0 Å². The third-order valence-corrected chi connectivity index (χ3v) is 4.71. The maximum atomic E-state index is 12.4. The van der Waals surface area contributed by atoms with Crippen LogP contribution < -0.4 is 0 Å². The Labute approximate surface area is 150 Å². The molecule has 124 valence electrons. The number of thiazole rings is 1. The van der Waals surface area contributed by atoms with Crippen LogP contribution in [0, 0.1) is 18.8 Å². The van der Waals surface area contributed by atoms with Crippen LogP contribution in [0.2, 0.25) is 0 Å². The number of rotatable bonds is 4. The summed E-state index contributed by atoms with van der Waals surface area (Å²) in [5.74, 6) is 6.26. The Morgan fingerprint density at radius 1 is 1.20 bits per heavy atom. The Morgan fingerprint density at radius 3 is 2.72 bits per heavy atom. The number of aromatic nitrogens is 2. The van der Waals surface area contributed by atoms with Crippen LogP contribution in [0.3, 0.4) is 0 Å². The fourth-order valence-electron chi connectivity index (χ4n) is 2.30. The van der Waals surface area contributed by atoms with E-state index in [0.717, 1.165) is 16.8 Å². The molecule has 4 nitrogen and oxygen atoms in total. The van der Waals surface area contributed by atoms with E-state index in [1.54, 1.807) is 36.7 Å². The SMILES string of the molecule is Cc1nc(C#Cc2ccc(O)cc2)sc1C(=O)CCc1cccnc1. The summed E-state index contributed by atoms with van der Waals surface area (Å²) in [6.45, 7) is 1.83. The second-order valence-electron chi connectivity index (χ2n) is 5.51. The number of aromatic hydroxyl groups is 1. The highest BCUT2D eigenvalue weighted by Crippen LogP contribution is 2.20. The van der Waals surface area contributed by atoms with E-state index < -0.39 is 0 Å². The lowest BCUT2D eigenvalue weighted by molar-refractivity contribution is 0.0986. The van der Waals surface area contributed by atoms with E-state index in [4.69, 9.17) is 0 Å². The predicted molar refractivity (Wildman–Crippen MR) is 97.8 cm³/mol. The van der Waals surface area contributed by atoms with Crippen molar-refractivity contribution in [3.63, 3.8) is 0 Å². The van der Waals surface area contributed by atoms with Crippen LogP contribution in [-0.4, -0.2) is 20.9 Å². The summed E-state index contributed by atoms with van der Waals surface area (Å²) in [5, 5.41) is 9.90. The minimum atomic E-state index is 0.0801. The molecule has 0 saturated carbocycles. The first-order valence-electron chi connectivity index (χ1n) is 7.82. The van der Waals surface area contributed by atoms with Gasteiger partial charge in [0.25, 0.3) is 0 Å². The Kier molecular flexibility index (Phi) is 5.22. The van der Waals surface area contributed by atoms with Crippen LogP contribution in [0.25, 0.3) is 0 Å². The number of nitrogens with zero attached hydrogens (tertiary/aromatic N) is 2. The molecule has 0 unspecified atom stereocenters. The maximum Gasteiger partial charge on any atom is 0.175 e. The van der Waals surface area contributed by atoms with Crippen molar-refractivity contribution >= 4 is 17.1 Å². The van der Waals surface area contributed by atoms with E-state index in [2.05, 4.69) is 21.8 Å². The molecular formula is C20H16N2O2S. The van der Waals surface area contributed by atoms with Crippen LogP contribution in [0.1, 0.15) is 37.9 Å². The normalized spacial score (nSPS) is 10.1. The van der Waals surface area contributed by atoms with Crippen molar-refractivity contribution in [2.75, 3.05) is 0 Å². The molecule has 0 aliphatic carbocycles. The topological polar surface area (TPSA) is 63.1 Å². The summed E-state index contributed by atoms with van der Waals surface area (Å²) in [6, 6.07) is 10.5. The largest absolute Gasteiger partial charge is 0.508 e.